The number of fused-ring (bicyclic) bond motifs is 8. The number of benzene rings is 4. The summed E-state index contributed by atoms with van der Waals surface area (Å²) in [6.07, 6.45) is 2.71. The normalized spacial score (nSPS) is 18.3. The maximum absolute atomic E-state index is 6.75. The van der Waals surface area contributed by atoms with Gasteiger partial charge in [0.05, 0.1) is 6.04 Å². The molecule has 0 fully saturated rings. The van der Waals surface area contributed by atoms with Crippen molar-refractivity contribution in [2.75, 3.05) is 0 Å². The van der Waals surface area contributed by atoms with Gasteiger partial charge in [0, 0.05) is 34.2 Å². The van der Waals surface area contributed by atoms with Crippen molar-refractivity contribution in [1.82, 2.24) is 9.55 Å². The van der Waals surface area contributed by atoms with Gasteiger partial charge in [0.15, 0.2) is 0 Å². The summed E-state index contributed by atoms with van der Waals surface area (Å²) in [6, 6.07) is 27.2. The molecule has 254 valence electrons. The second kappa shape index (κ2) is 11.1. The van der Waals surface area contributed by atoms with Crippen LogP contribution in [0.15, 0.2) is 65.8 Å². The van der Waals surface area contributed by atoms with Crippen LogP contribution < -0.4 is 4.74 Å². The van der Waals surface area contributed by atoms with E-state index in [0.29, 0.717) is 17.4 Å². The number of nitrogens with zero attached hydrogens (tertiary/aromatic N) is 3. The molecule has 0 N–H and O–H groups in total. The Morgan fingerprint density at radius 3 is 2.42 bits per heavy atom. The number of hydrogen-bond donors (Lipinski definition) is 0. The van der Waals surface area contributed by atoms with Gasteiger partial charge in [-0.15, -0.1) is 28.6 Å². The third-order valence-electron chi connectivity index (χ3n) is 11.0. The van der Waals surface area contributed by atoms with Gasteiger partial charge in [-0.25, -0.2) is 4.98 Å². The number of hydrogen-bond acceptors (Lipinski definition) is 4. The van der Waals surface area contributed by atoms with Gasteiger partial charge in [-0.2, -0.15) is 6.07 Å². The molecule has 0 unspecified atom stereocenters. The quantitative estimate of drug-likeness (QED) is 0.167. The molecular formula is C44H41N3O2Pt. The van der Waals surface area contributed by atoms with Gasteiger partial charge in [0.25, 0.3) is 0 Å². The van der Waals surface area contributed by atoms with Gasteiger partial charge in [-0.1, -0.05) is 120 Å². The van der Waals surface area contributed by atoms with E-state index in [0.717, 1.165) is 45.4 Å². The van der Waals surface area contributed by atoms with Crippen LogP contribution in [0.2, 0.25) is 0 Å². The zero-order chi connectivity index (χ0) is 34.1. The Morgan fingerprint density at radius 1 is 0.880 bits per heavy atom. The van der Waals surface area contributed by atoms with E-state index in [1.54, 1.807) is 0 Å². The molecule has 0 spiro atoms. The molecule has 6 aromatic rings. The minimum Gasteiger partial charge on any atom is -0.510 e. The maximum atomic E-state index is 6.75. The predicted molar refractivity (Wildman–Crippen MR) is 197 cm³/mol. The van der Waals surface area contributed by atoms with Crippen molar-refractivity contribution in [2.24, 2.45) is 4.99 Å². The van der Waals surface area contributed by atoms with E-state index in [2.05, 4.69) is 128 Å². The van der Waals surface area contributed by atoms with Crippen LogP contribution in [0.4, 0.5) is 0 Å². The van der Waals surface area contributed by atoms with Crippen molar-refractivity contribution in [3.05, 3.63) is 129 Å². The minimum absolute atomic E-state index is 0. The number of ether oxygens (including phenoxy) is 2. The van der Waals surface area contributed by atoms with Crippen molar-refractivity contribution >= 4 is 27.7 Å². The molecule has 0 bridgehead atoms. The third-order valence-corrected chi connectivity index (χ3v) is 11.0. The summed E-state index contributed by atoms with van der Waals surface area (Å²) in [5.74, 6) is 2.93. The Bertz CT molecular complexity index is 2450. The molecule has 5 nitrogen and oxygen atoms in total. The van der Waals surface area contributed by atoms with Crippen molar-refractivity contribution in [2.45, 2.75) is 91.7 Å². The van der Waals surface area contributed by atoms with Crippen LogP contribution in [0.3, 0.4) is 0 Å². The van der Waals surface area contributed by atoms with Crippen LogP contribution in [0, 0.1) is 39.8 Å². The van der Waals surface area contributed by atoms with Crippen LogP contribution in [-0.4, -0.2) is 21.5 Å². The first-order valence-corrected chi connectivity index (χ1v) is 17.4. The van der Waals surface area contributed by atoms with Crippen molar-refractivity contribution in [1.29, 1.82) is 0 Å². The summed E-state index contributed by atoms with van der Waals surface area (Å²) in [4.78, 5) is 10.1. The average molecular weight is 839 g/mol. The molecule has 4 aromatic carbocycles. The number of aliphatic imine (C=N–C) groups is 1. The summed E-state index contributed by atoms with van der Waals surface area (Å²) in [5.41, 5.74) is 13.8. The number of aryl methyl sites for hydroxylation is 4. The monoisotopic (exact) mass is 838 g/mol. The van der Waals surface area contributed by atoms with E-state index < -0.39 is 0 Å². The molecule has 9 rings (SSSR count). The molecular weight excluding hydrogens is 798 g/mol. The van der Waals surface area contributed by atoms with Crippen molar-refractivity contribution < 1.29 is 30.5 Å². The predicted octanol–water partition coefficient (Wildman–Crippen LogP) is 10.2. The van der Waals surface area contributed by atoms with Crippen LogP contribution in [0.25, 0.3) is 27.6 Å². The van der Waals surface area contributed by atoms with E-state index in [1.807, 2.05) is 12.3 Å². The molecule has 50 heavy (non-hydrogen) atoms. The molecule has 2 aromatic heterocycles. The van der Waals surface area contributed by atoms with E-state index in [4.69, 9.17) is 19.5 Å². The summed E-state index contributed by atoms with van der Waals surface area (Å²) in [6.45, 7) is 19.9. The van der Waals surface area contributed by atoms with Crippen molar-refractivity contribution in [3.8, 4) is 17.3 Å². The topological polar surface area (TPSA) is 48.6 Å². The molecule has 2 atom stereocenters. The largest absolute Gasteiger partial charge is 2.00 e. The van der Waals surface area contributed by atoms with Crippen molar-refractivity contribution in [3.63, 3.8) is 0 Å². The molecule has 0 amide bonds. The molecule has 0 saturated heterocycles. The smallest absolute Gasteiger partial charge is 0.510 e. The maximum Gasteiger partial charge on any atom is 2.00 e. The van der Waals surface area contributed by atoms with E-state index in [1.165, 1.54) is 44.3 Å². The first kappa shape index (κ1) is 33.0. The molecule has 0 radical (unpaired) electrons. The average Bonchev–Trinajstić information content (AvgIpc) is 3.70. The fourth-order valence-electron chi connectivity index (χ4n) is 8.55. The first-order chi connectivity index (χ1) is 23.3. The molecule has 2 aliphatic heterocycles. The fourth-order valence-corrected chi connectivity index (χ4v) is 8.55. The third kappa shape index (κ3) is 4.69. The fraction of sp³-hybridized carbons (Fsp3) is 0.318. The Balaban J connectivity index is 0.00000361. The van der Waals surface area contributed by atoms with Crippen LogP contribution in [-0.2, 0) is 43.1 Å². The first-order valence-electron chi connectivity index (χ1n) is 17.4. The zero-order valence-corrected chi connectivity index (χ0v) is 32.4. The van der Waals surface area contributed by atoms with Gasteiger partial charge in [0.2, 0.25) is 0 Å². The van der Waals surface area contributed by atoms with Gasteiger partial charge in [-0.3, -0.25) is 4.99 Å². The standard InChI is InChI=1S/C44H41N3O2.Pt/c1-23-16-31-30-19-26(4)38(22-36(30)47-39(31)34(17-23)44(8,9)33-14-11-15-45-41(33)47)48-37-21-28(24(2)18-25(37)3)42-46-35-20-29-27(40(35)49-42)12-10-13-32(29)43(5,6)7;/h10-19,35,40H,20H2,1-9H3;/q-2;+2/t35-,40+;/m1./s1. The molecule has 0 saturated carbocycles. The molecule has 3 aliphatic rings. The Kier molecular flexibility index (Phi) is 7.35. The minimum atomic E-state index is -0.183. The SMILES string of the molecule is Cc1cc2c3c(c1)c1cc(C)c(Oc4[c-]c(C5=N[C@@H]6Cc7c(cccc7C(C)(C)C)[C@@H]6O5)c(C)cc4C)[c-]c1n3-c1ncccc1C2(C)C.[Pt+2]. The van der Waals surface area contributed by atoms with E-state index >= 15 is 0 Å². The summed E-state index contributed by atoms with van der Waals surface area (Å²) < 4.78 is 15.7. The van der Waals surface area contributed by atoms with Gasteiger partial charge in [-0.05, 0) is 52.5 Å². The van der Waals surface area contributed by atoms with Crippen LogP contribution in [0.5, 0.6) is 11.5 Å². The summed E-state index contributed by atoms with van der Waals surface area (Å²) >= 11 is 0. The molecule has 1 aliphatic carbocycles. The Hall–Kier alpha value is -4.21. The van der Waals surface area contributed by atoms with Gasteiger partial charge in [0.1, 0.15) is 17.8 Å². The van der Waals surface area contributed by atoms with Gasteiger partial charge < -0.3 is 14.0 Å². The number of aromatic nitrogens is 2. The Morgan fingerprint density at radius 2 is 1.64 bits per heavy atom. The van der Waals surface area contributed by atoms with E-state index in [-0.39, 0.29) is 44.0 Å². The van der Waals surface area contributed by atoms with Crippen LogP contribution in [0.1, 0.15) is 96.4 Å². The summed E-state index contributed by atoms with van der Waals surface area (Å²) in [5, 5.41) is 2.37. The second-order valence-electron chi connectivity index (χ2n) is 15.9. The Labute approximate surface area is 309 Å². The summed E-state index contributed by atoms with van der Waals surface area (Å²) in [7, 11) is 0. The molecule has 6 heteroatoms. The van der Waals surface area contributed by atoms with E-state index in [9.17, 15) is 0 Å². The zero-order valence-electron chi connectivity index (χ0n) is 30.1. The number of pyridine rings is 1. The number of rotatable bonds is 3. The molecule has 4 heterocycles. The van der Waals surface area contributed by atoms with Gasteiger partial charge >= 0.3 is 21.1 Å². The second-order valence-corrected chi connectivity index (χ2v) is 15.9. The van der Waals surface area contributed by atoms with Crippen LogP contribution >= 0.6 is 0 Å².